The Labute approximate surface area is 165 Å². The van der Waals surface area contributed by atoms with Crippen molar-refractivity contribution in [3.8, 4) is 16.9 Å². The Kier molecular flexibility index (Phi) is 4.39. The summed E-state index contributed by atoms with van der Waals surface area (Å²) in [6.07, 6.45) is 1.15. The van der Waals surface area contributed by atoms with E-state index in [-0.39, 0.29) is 32.7 Å². The molecule has 2 aromatic carbocycles. The van der Waals surface area contributed by atoms with E-state index in [9.17, 15) is 22.8 Å². The largest absolute Gasteiger partial charge is 0.366 e. The van der Waals surface area contributed by atoms with Gasteiger partial charge >= 0.3 is 0 Å². The lowest BCUT2D eigenvalue weighted by Crippen LogP contribution is -2.11. The van der Waals surface area contributed by atoms with Crippen LogP contribution in [-0.2, 0) is 0 Å². The van der Waals surface area contributed by atoms with E-state index in [4.69, 9.17) is 17.3 Å². The molecule has 2 aromatic heterocycles. The summed E-state index contributed by atoms with van der Waals surface area (Å²) >= 11 is 6.18. The number of hydrogen-bond acceptors (Lipinski definition) is 3. The zero-order valence-electron chi connectivity index (χ0n) is 14.3. The van der Waals surface area contributed by atoms with Crippen LogP contribution in [0.15, 0.2) is 47.4 Å². The average molecular weight is 419 g/mol. The van der Waals surface area contributed by atoms with Gasteiger partial charge in [-0.25, -0.2) is 17.9 Å². The van der Waals surface area contributed by atoms with Gasteiger partial charge in [-0.2, -0.15) is 5.10 Å². The minimum atomic E-state index is -0.950. The number of H-pyrrole nitrogens is 1. The molecule has 0 spiro atoms. The highest BCUT2D eigenvalue weighted by atomic mass is 35.5. The number of primary amides is 1. The molecule has 0 aliphatic heterocycles. The summed E-state index contributed by atoms with van der Waals surface area (Å²) in [5.74, 6) is -3.61. The van der Waals surface area contributed by atoms with Crippen molar-refractivity contribution in [3.63, 3.8) is 0 Å². The molecule has 4 aromatic rings. The first kappa shape index (κ1) is 18.8. The smallest absolute Gasteiger partial charge is 0.259 e. The van der Waals surface area contributed by atoms with Crippen LogP contribution in [0.4, 0.5) is 13.2 Å². The molecule has 0 radical (unpaired) electrons. The number of benzene rings is 2. The number of pyridine rings is 1. The van der Waals surface area contributed by atoms with Crippen molar-refractivity contribution in [3.05, 3.63) is 81.0 Å². The average Bonchev–Trinajstić information content (AvgIpc) is 3.06. The fourth-order valence-corrected chi connectivity index (χ4v) is 3.28. The maximum atomic E-state index is 14.4. The van der Waals surface area contributed by atoms with Crippen LogP contribution >= 0.6 is 11.6 Å². The van der Waals surface area contributed by atoms with Gasteiger partial charge in [-0.1, -0.05) is 17.7 Å². The van der Waals surface area contributed by atoms with Crippen molar-refractivity contribution in [1.82, 2.24) is 14.8 Å². The Morgan fingerprint density at radius 2 is 1.83 bits per heavy atom. The monoisotopic (exact) mass is 418 g/mol. The minimum Gasteiger partial charge on any atom is -0.366 e. The normalized spacial score (nSPS) is 11.2. The van der Waals surface area contributed by atoms with Crippen LogP contribution < -0.4 is 11.3 Å². The molecule has 1 amide bonds. The number of halogens is 4. The van der Waals surface area contributed by atoms with Crippen molar-refractivity contribution < 1.29 is 18.0 Å². The summed E-state index contributed by atoms with van der Waals surface area (Å²) in [6.45, 7) is 0. The molecule has 0 fully saturated rings. The van der Waals surface area contributed by atoms with E-state index < -0.39 is 34.6 Å². The highest BCUT2D eigenvalue weighted by Gasteiger charge is 2.23. The van der Waals surface area contributed by atoms with Crippen molar-refractivity contribution in [2.75, 3.05) is 0 Å². The predicted octanol–water partition coefficient (Wildman–Crippen LogP) is 3.55. The van der Waals surface area contributed by atoms with Gasteiger partial charge in [0.2, 0.25) is 5.91 Å². The van der Waals surface area contributed by atoms with Crippen molar-refractivity contribution in [1.29, 1.82) is 0 Å². The summed E-state index contributed by atoms with van der Waals surface area (Å²) in [5.41, 5.74) is 3.60. The molecule has 0 aliphatic carbocycles. The first-order valence-electron chi connectivity index (χ1n) is 8.13. The molecule has 0 atom stereocenters. The van der Waals surface area contributed by atoms with Gasteiger partial charge in [0.1, 0.15) is 22.7 Å². The van der Waals surface area contributed by atoms with Gasteiger partial charge < -0.3 is 10.7 Å². The van der Waals surface area contributed by atoms with E-state index in [2.05, 4.69) is 10.1 Å². The quantitative estimate of drug-likeness (QED) is 0.532. The summed E-state index contributed by atoms with van der Waals surface area (Å²) in [7, 11) is 0. The number of rotatable bonds is 3. The van der Waals surface area contributed by atoms with Crippen LogP contribution in [0.3, 0.4) is 0 Å². The Balaban J connectivity index is 2.15. The van der Waals surface area contributed by atoms with E-state index in [1.54, 1.807) is 0 Å². The fourth-order valence-electron chi connectivity index (χ4n) is 3.05. The Morgan fingerprint density at radius 1 is 1.14 bits per heavy atom. The van der Waals surface area contributed by atoms with Gasteiger partial charge in [-0.3, -0.25) is 9.59 Å². The number of carbonyl (C=O) groups is 1. The molecule has 0 unspecified atom stereocenters. The number of nitrogens with one attached hydrogen (secondary N) is 1. The molecule has 0 saturated carbocycles. The highest BCUT2D eigenvalue weighted by molar-refractivity contribution is 6.35. The van der Waals surface area contributed by atoms with E-state index in [0.29, 0.717) is 0 Å². The number of hydrogen-bond donors (Lipinski definition) is 2. The molecule has 3 N–H and O–H groups in total. The van der Waals surface area contributed by atoms with Crippen molar-refractivity contribution in [2.24, 2.45) is 5.73 Å². The summed E-state index contributed by atoms with van der Waals surface area (Å²) in [6, 6.07) is 6.34. The van der Waals surface area contributed by atoms with Crippen molar-refractivity contribution in [2.45, 2.75) is 0 Å². The molecule has 0 bridgehead atoms. The van der Waals surface area contributed by atoms with Gasteiger partial charge in [-0.15, -0.1) is 0 Å². The number of amides is 1. The minimum absolute atomic E-state index is 0.00654. The Bertz CT molecular complexity index is 1340. The van der Waals surface area contributed by atoms with Crippen molar-refractivity contribution >= 4 is 28.4 Å². The lowest BCUT2D eigenvalue weighted by Gasteiger charge is -2.07. The lowest BCUT2D eigenvalue weighted by atomic mass is 10.1. The number of para-hydroxylation sites is 1. The molecule has 2 heterocycles. The summed E-state index contributed by atoms with van der Waals surface area (Å²) < 4.78 is 43.7. The molecule has 10 heteroatoms. The third-order valence-electron chi connectivity index (χ3n) is 4.27. The Morgan fingerprint density at radius 3 is 2.48 bits per heavy atom. The Hall–Kier alpha value is -3.59. The topological polar surface area (TPSA) is 93.8 Å². The molecule has 0 saturated heterocycles. The molecule has 6 nitrogen and oxygen atoms in total. The summed E-state index contributed by atoms with van der Waals surface area (Å²) in [5, 5.41) is 3.94. The number of fused-ring (bicyclic) bond motifs is 1. The second kappa shape index (κ2) is 6.78. The third kappa shape index (κ3) is 3.05. The van der Waals surface area contributed by atoms with Gasteiger partial charge in [-0.05, 0) is 30.3 Å². The maximum absolute atomic E-state index is 14.4. The first-order valence-corrected chi connectivity index (χ1v) is 8.51. The molecule has 4 rings (SSSR count). The fraction of sp³-hybridized carbons (Fsp3) is 0. The van der Waals surface area contributed by atoms with Crippen LogP contribution in [0.1, 0.15) is 10.4 Å². The number of nitrogens with zero attached hydrogens (tertiary/aromatic N) is 2. The highest BCUT2D eigenvalue weighted by Crippen LogP contribution is 2.33. The van der Waals surface area contributed by atoms with Gasteiger partial charge in [0, 0.05) is 17.3 Å². The second-order valence-electron chi connectivity index (χ2n) is 6.11. The van der Waals surface area contributed by atoms with E-state index in [1.807, 2.05) is 0 Å². The third-order valence-corrected chi connectivity index (χ3v) is 4.56. The molecule has 146 valence electrons. The lowest BCUT2D eigenvalue weighted by molar-refractivity contribution is 0.1000. The molecular weight excluding hydrogens is 409 g/mol. The SMILES string of the molecule is NC(=O)c1cc(F)cc(-c2nn(-c3c(F)cccc3F)c3c(Cl)c[nH]c(=O)c23)c1. The van der Waals surface area contributed by atoms with Crippen LogP contribution in [-0.4, -0.2) is 20.7 Å². The zero-order chi connectivity index (χ0) is 20.9. The number of carbonyl (C=O) groups excluding carboxylic acids is 1. The van der Waals surface area contributed by atoms with Gasteiger partial charge in [0.25, 0.3) is 5.56 Å². The van der Waals surface area contributed by atoms with Crippen LogP contribution in [0, 0.1) is 17.5 Å². The van der Waals surface area contributed by atoms with E-state index in [0.717, 1.165) is 35.1 Å². The van der Waals surface area contributed by atoms with Gasteiger partial charge in [0.05, 0.1) is 10.4 Å². The van der Waals surface area contributed by atoms with Crippen LogP contribution in [0.5, 0.6) is 0 Å². The molecular formula is C19H10ClF3N4O2. The van der Waals surface area contributed by atoms with Crippen LogP contribution in [0.25, 0.3) is 27.8 Å². The maximum Gasteiger partial charge on any atom is 0.259 e. The van der Waals surface area contributed by atoms with Crippen LogP contribution in [0.2, 0.25) is 5.02 Å². The number of aromatic nitrogens is 3. The van der Waals surface area contributed by atoms with E-state index >= 15 is 0 Å². The predicted molar refractivity (Wildman–Crippen MR) is 101 cm³/mol. The second-order valence-corrected chi connectivity index (χ2v) is 6.52. The number of aromatic amines is 1. The zero-order valence-corrected chi connectivity index (χ0v) is 15.1. The molecule has 29 heavy (non-hydrogen) atoms. The summed E-state index contributed by atoms with van der Waals surface area (Å²) in [4.78, 5) is 26.4. The van der Waals surface area contributed by atoms with Gasteiger partial charge in [0.15, 0.2) is 11.6 Å². The first-order chi connectivity index (χ1) is 13.8. The van der Waals surface area contributed by atoms with E-state index in [1.165, 1.54) is 12.1 Å². The molecule has 0 aliphatic rings. The standard InChI is InChI=1S/C19H10ClF3N4O2/c20-11-7-25-19(29)14-15(8-4-9(18(24)28)6-10(21)5-8)26-27(16(11)14)17-12(22)2-1-3-13(17)23/h1-7H,(H2,24,28)(H,25,29). The number of nitrogens with two attached hydrogens (primary N) is 1.